The van der Waals surface area contributed by atoms with E-state index in [1.54, 1.807) is 0 Å². The van der Waals surface area contributed by atoms with E-state index in [1.165, 1.54) is 0 Å². The molecule has 0 bridgehead atoms. The predicted octanol–water partition coefficient (Wildman–Crippen LogP) is -2.18. The minimum atomic E-state index is -0.503. The van der Waals surface area contributed by atoms with Crippen LogP contribution in [-0.2, 0) is 9.53 Å². The van der Waals surface area contributed by atoms with Crippen LogP contribution in [0.5, 0.6) is 0 Å². The van der Waals surface area contributed by atoms with Gasteiger partial charge in [-0.2, -0.15) is 0 Å². The average Bonchev–Trinajstić information content (AvgIpc) is 2.10. The van der Waals surface area contributed by atoms with Gasteiger partial charge in [-0.05, 0) is 0 Å². The van der Waals surface area contributed by atoms with Crippen molar-refractivity contribution < 1.29 is 14.7 Å². The Kier molecular flexibility index (Phi) is 6.56. The number of nitrogens with zero attached hydrogens (tertiary/aromatic N) is 1. The van der Waals surface area contributed by atoms with Crippen molar-refractivity contribution in [1.82, 2.24) is 5.32 Å². The highest BCUT2D eigenvalue weighted by Gasteiger charge is 1.94. The first-order chi connectivity index (χ1) is 6.16. The molecule has 0 unspecified atom stereocenters. The molecule has 0 aromatic heterocycles. The highest BCUT2D eigenvalue weighted by Crippen LogP contribution is 1.71. The highest BCUT2D eigenvalue weighted by atomic mass is 16.5. The second kappa shape index (κ2) is 7.32. The number of amidine groups is 1. The Hall–Kier alpha value is -1.34. The largest absolute Gasteiger partial charge is 0.409 e. The van der Waals surface area contributed by atoms with Crippen molar-refractivity contribution in [2.45, 2.75) is 0 Å². The van der Waals surface area contributed by atoms with Crippen molar-refractivity contribution >= 4 is 11.7 Å². The van der Waals surface area contributed by atoms with Gasteiger partial charge in [-0.1, -0.05) is 5.16 Å². The van der Waals surface area contributed by atoms with Crippen LogP contribution in [0.1, 0.15) is 0 Å². The summed E-state index contributed by atoms with van der Waals surface area (Å²) >= 11 is 0. The minimum absolute atomic E-state index is 0.0920. The first-order valence-electron chi connectivity index (χ1n) is 3.70. The summed E-state index contributed by atoms with van der Waals surface area (Å²) in [4.78, 5) is 10.2. The number of oxime groups is 1. The zero-order valence-electron chi connectivity index (χ0n) is 7.19. The maximum absolute atomic E-state index is 10.2. The lowest BCUT2D eigenvalue weighted by Crippen LogP contribution is -2.31. The van der Waals surface area contributed by atoms with Gasteiger partial charge in [-0.15, -0.1) is 0 Å². The van der Waals surface area contributed by atoms with E-state index in [0.29, 0.717) is 13.2 Å². The Balaban J connectivity index is 3.13. The zero-order valence-corrected chi connectivity index (χ0v) is 7.19. The Bertz CT molecular complexity index is 183. The van der Waals surface area contributed by atoms with Gasteiger partial charge in [0.2, 0.25) is 5.91 Å². The summed E-state index contributed by atoms with van der Waals surface area (Å²) in [7, 11) is 0. The number of nitrogens with one attached hydrogen (secondary N) is 1. The lowest BCUT2D eigenvalue weighted by atomic mass is 10.5. The van der Waals surface area contributed by atoms with E-state index in [9.17, 15) is 4.79 Å². The number of nitrogens with two attached hydrogens (primary N) is 2. The molecule has 0 aliphatic heterocycles. The van der Waals surface area contributed by atoms with Crippen molar-refractivity contribution in [3.8, 4) is 0 Å². The maximum atomic E-state index is 10.2. The summed E-state index contributed by atoms with van der Waals surface area (Å²) in [6, 6.07) is 0. The molecule has 0 atom stereocenters. The van der Waals surface area contributed by atoms with Crippen molar-refractivity contribution in [2.75, 3.05) is 26.3 Å². The van der Waals surface area contributed by atoms with Crippen LogP contribution in [0.3, 0.4) is 0 Å². The fourth-order valence-electron chi connectivity index (χ4n) is 0.569. The van der Waals surface area contributed by atoms with E-state index in [-0.39, 0.29) is 19.0 Å². The predicted molar refractivity (Wildman–Crippen MR) is 46.3 cm³/mol. The fourth-order valence-corrected chi connectivity index (χ4v) is 0.569. The van der Waals surface area contributed by atoms with Crippen LogP contribution in [0.4, 0.5) is 0 Å². The van der Waals surface area contributed by atoms with Crippen LogP contribution in [0.2, 0.25) is 0 Å². The van der Waals surface area contributed by atoms with E-state index in [4.69, 9.17) is 21.4 Å². The molecule has 0 saturated carbocycles. The summed E-state index contributed by atoms with van der Waals surface area (Å²) in [6.07, 6.45) is 0. The summed E-state index contributed by atoms with van der Waals surface area (Å²) < 4.78 is 4.83. The molecule has 0 rings (SSSR count). The molecule has 0 fully saturated rings. The summed E-state index contributed by atoms with van der Waals surface area (Å²) in [5.74, 6) is -0.411. The fraction of sp³-hybridized carbons (Fsp3) is 0.667. The Morgan fingerprint density at radius 1 is 1.54 bits per heavy atom. The van der Waals surface area contributed by atoms with Gasteiger partial charge in [0, 0.05) is 6.54 Å². The Morgan fingerprint density at radius 3 is 2.77 bits per heavy atom. The smallest absolute Gasteiger partial charge is 0.243 e. The van der Waals surface area contributed by atoms with Gasteiger partial charge < -0.3 is 26.7 Å². The monoisotopic (exact) mass is 190 g/mol. The highest BCUT2D eigenvalue weighted by molar-refractivity contribution is 5.81. The van der Waals surface area contributed by atoms with E-state index in [2.05, 4.69) is 10.5 Å². The number of primary amides is 1. The molecule has 0 aromatic carbocycles. The number of ether oxygens (including phenoxy) is 1. The number of rotatable bonds is 7. The molecule has 76 valence electrons. The van der Waals surface area contributed by atoms with Crippen LogP contribution >= 0.6 is 0 Å². The lowest BCUT2D eigenvalue weighted by Gasteiger charge is -2.03. The van der Waals surface area contributed by atoms with E-state index in [1.807, 2.05) is 0 Å². The summed E-state index contributed by atoms with van der Waals surface area (Å²) in [5, 5.41) is 13.7. The number of hydrogen-bond acceptors (Lipinski definition) is 5. The molecule has 0 aliphatic carbocycles. The van der Waals surface area contributed by atoms with Gasteiger partial charge in [0.1, 0.15) is 6.61 Å². The normalized spacial score (nSPS) is 11.5. The van der Waals surface area contributed by atoms with Crippen LogP contribution in [0.25, 0.3) is 0 Å². The van der Waals surface area contributed by atoms with Gasteiger partial charge in [-0.25, -0.2) is 0 Å². The van der Waals surface area contributed by atoms with Crippen LogP contribution in [-0.4, -0.2) is 43.3 Å². The molecular weight excluding hydrogens is 176 g/mol. The van der Waals surface area contributed by atoms with Crippen molar-refractivity contribution in [2.24, 2.45) is 16.6 Å². The molecule has 0 spiro atoms. The first-order valence-corrected chi connectivity index (χ1v) is 3.70. The molecule has 0 saturated heterocycles. The number of amides is 1. The van der Waals surface area contributed by atoms with Crippen LogP contribution in [0.15, 0.2) is 5.16 Å². The molecular formula is C6H14N4O3. The van der Waals surface area contributed by atoms with Gasteiger partial charge >= 0.3 is 0 Å². The van der Waals surface area contributed by atoms with Crippen molar-refractivity contribution in [3.05, 3.63) is 0 Å². The van der Waals surface area contributed by atoms with Crippen LogP contribution in [0, 0.1) is 0 Å². The molecule has 0 aromatic rings. The van der Waals surface area contributed by atoms with E-state index >= 15 is 0 Å². The SMILES string of the molecule is NC(=O)COCCNCC(N)=NO. The minimum Gasteiger partial charge on any atom is -0.409 e. The standard InChI is InChI=1S/C6H14N4O3/c7-5(10-12)3-9-1-2-13-4-6(8)11/h9,12H,1-4H2,(H2,7,10)(H2,8,11). The van der Waals surface area contributed by atoms with Crippen LogP contribution < -0.4 is 16.8 Å². The van der Waals surface area contributed by atoms with E-state index in [0.717, 1.165) is 0 Å². The number of carbonyl (C=O) groups excluding carboxylic acids is 1. The number of carbonyl (C=O) groups is 1. The maximum Gasteiger partial charge on any atom is 0.243 e. The summed E-state index contributed by atoms with van der Waals surface area (Å²) in [6.45, 7) is 1.03. The second-order valence-electron chi connectivity index (χ2n) is 2.29. The lowest BCUT2D eigenvalue weighted by molar-refractivity contribution is -0.122. The van der Waals surface area contributed by atoms with E-state index < -0.39 is 5.91 Å². The quantitative estimate of drug-likeness (QED) is 0.119. The second-order valence-corrected chi connectivity index (χ2v) is 2.29. The molecule has 7 nitrogen and oxygen atoms in total. The zero-order chi connectivity index (χ0) is 10.1. The van der Waals surface area contributed by atoms with Gasteiger partial charge in [-0.3, -0.25) is 4.79 Å². The molecule has 0 aliphatic rings. The molecule has 7 heteroatoms. The van der Waals surface area contributed by atoms with Crippen molar-refractivity contribution in [3.63, 3.8) is 0 Å². The average molecular weight is 190 g/mol. The molecule has 0 heterocycles. The molecule has 13 heavy (non-hydrogen) atoms. The third-order valence-electron chi connectivity index (χ3n) is 1.10. The van der Waals surface area contributed by atoms with Gasteiger partial charge in [0.25, 0.3) is 0 Å². The topological polar surface area (TPSA) is 123 Å². The third kappa shape index (κ3) is 8.57. The molecule has 6 N–H and O–H groups in total. The van der Waals surface area contributed by atoms with Gasteiger partial charge in [0.05, 0.1) is 13.2 Å². The number of hydrogen-bond donors (Lipinski definition) is 4. The first kappa shape index (κ1) is 11.7. The van der Waals surface area contributed by atoms with Crippen molar-refractivity contribution in [1.29, 1.82) is 0 Å². The Morgan fingerprint density at radius 2 is 2.23 bits per heavy atom. The van der Waals surface area contributed by atoms with Gasteiger partial charge in [0.15, 0.2) is 5.84 Å². The third-order valence-corrected chi connectivity index (χ3v) is 1.10. The summed E-state index contributed by atoms with van der Waals surface area (Å²) in [5.41, 5.74) is 9.98. The molecule has 0 radical (unpaired) electrons. The molecule has 1 amide bonds. The Labute approximate surface area is 75.7 Å².